The molecule has 150 valence electrons. The Kier molecular flexibility index (Phi) is 4.70. The molecule has 0 bridgehead atoms. The predicted molar refractivity (Wildman–Crippen MR) is 106 cm³/mol. The van der Waals surface area contributed by atoms with Crippen molar-refractivity contribution in [2.75, 3.05) is 7.11 Å². The Morgan fingerprint density at radius 3 is 2.62 bits per heavy atom. The summed E-state index contributed by atoms with van der Waals surface area (Å²) >= 11 is 0. The summed E-state index contributed by atoms with van der Waals surface area (Å²) in [6.45, 7) is 3.86. The maximum atomic E-state index is 13.3. The van der Waals surface area contributed by atoms with Crippen LogP contribution in [0.4, 0.5) is 0 Å². The third-order valence-corrected chi connectivity index (χ3v) is 5.57. The Hall–Kier alpha value is -3.42. The van der Waals surface area contributed by atoms with Crippen molar-refractivity contribution in [3.8, 4) is 5.75 Å². The average molecular weight is 394 g/mol. The molecule has 2 atom stereocenters. The number of ether oxygens (including phenoxy) is 1. The van der Waals surface area contributed by atoms with Gasteiger partial charge in [0.15, 0.2) is 5.82 Å². The largest absolute Gasteiger partial charge is 0.497 e. The SMILES string of the molecule is COc1ccc2cc([C@H](C)C(=O)N3Cc4nnc(C)n4CC3C(=O)O)ccc2c1. The lowest BCUT2D eigenvalue weighted by Crippen LogP contribution is -2.51. The quantitative estimate of drug-likeness (QED) is 0.730. The lowest BCUT2D eigenvalue weighted by atomic mass is 9.95. The van der Waals surface area contributed by atoms with Crippen molar-refractivity contribution in [2.45, 2.75) is 38.9 Å². The van der Waals surface area contributed by atoms with Crippen molar-refractivity contribution >= 4 is 22.6 Å². The molecule has 29 heavy (non-hydrogen) atoms. The number of benzene rings is 2. The first kappa shape index (κ1) is 18.9. The summed E-state index contributed by atoms with van der Waals surface area (Å²) < 4.78 is 7.01. The maximum absolute atomic E-state index is 13.3. The van der Waals surface area contributed by atoms with Crippen molar-refractivity contribution in [2.24, 2.45) is 0 Å². The molecule has 4 rings (SSSR count). The third-order valence-electron chi connectivity index (χ3n) is 5.57. The number of aliphatic carboxylic acids is 1. The standard InChI is InChI=1S/C21H22N4O4/c1-12(14-4-5-16-9-17(29-3)7-6-15(16)8-14)20(26)25-11-19-23-22-13(2)24(19)10-18(25)21(27)28/h4-9,12,18H,10-11H2,1-3H3,(H,27,28)/t12-,18?/m0/s1. The number of carboxylic acid groups (broad SMARTS) is 1. The third kappa shape index (κ3) is 3.30. The zero-order valence-corrected chi connectivity index (χ0v) is 16.5. The maximum Gasteiger partial charge on any atom is 0.328 e. The second kappa shape index (κ2) is 7.20. The van der Waals surface area contributed by atoms with E-state index in [9.17, 15) is 14.7 Å². The number of carbonyl (C=O) groups excluding carboxylic acids is 1. The molecule has 8 nitrogen and oxygen atoms in total. The van der Waals surface area contributed by atoms with Gasteiger partial charge in [-0.1, -0.05) is 24.3 Å². The molecule has 1 aliphatic heterocycles. The average Bonchev–Trinajstić information content (AvgIpc) is 3.10. The van der Waals surface area contributed by atoms with Gasteiger partial charge in [0, 0.05) is 0 Å². The molecule has 0 spiro atoms. The molecule has 1 aliphatic rings. The van der Waals surface area contributed by atoms with Gasteiger partial charge in [-0.2, -0.15) is 0 Å². The Bertz CT molecular complexity index is 1110. The van der Waals surface area contributed by atoms with Gasteiger partial charge in [0.1, 0.15) is 17.6 Å². The summed E-state index contributed by atoms with van der Waals surface area (Å²) in [4.78, 5) is 26.5. The van der Waals surface area contributed by atoms with Crippen LogP contribution in [0.3, 0.4) is 0 Å². The lowest BCUT2D eigenvalue weighted by molar-refractivity contribution is -0.153. The fraction of sp³-hybridized carbons (Fsp3) is 0.333. The fourth-order valence-corrected chi connectivity index (χ4v) is 3.79. The van der Waals surface area contributed by atoms with Crippen molar-refractivity contribution in [1.29, 1.82) is 0 Å². The zero-order chi connectivity index (χ0) is 20.7. The fourth-order valence-electron chi connectivity index (χ4n) is 3.79. The van der Waals surface area contributed by atoms with Crippen molar-refractivity contribution in [3.63, 3.8) is 0 Å². The van der Waals surface area contributed by atoms with E-state index in [4.69, 9.17) is 4.74 Å². The van der Waals surface area contributed by atoms with Crippen molar-refractivity contribution in [3.05, 3.63) is 53.6 Å². The summed E-state index contributed by atoms with van der Waals surface area (Å²) in [6, 6.07) is 10.6. The Balaban J connectivity index is 1.64. The first-order valence-electron chi connectivity index (χ1n) is 9.38. The molecule has 1 N–H and O–H groups in total. The van der Waals surface area contributed by atoms with Gasteiger partial charge >= 0.3 is 5.97 Å². The number of methoxy groups -OCH3 is 1. The van der Waals surface area contributed by atoms with E-state index in [1.165, 1.54) is 4.90 Å². The molecular formula is C21H22N4O4. The highest BCUT2D eigenvalue weighted by Crippen LogP contribution is 2.28. The van der Waals surface area contributed by atoms with Crippen LogP contribution >= 0.6 is 0 Å². The summed E-state index contributed by atoms with van der Waals surface area (Å²) in [6.07, 6.45) is 0. The highest BCUT2D eigenvalue weighted by molar-refractivity contribution is 5.90. The molecule has 0 aliphatic carbocycles. The van der Waals surface area contributed by atoms with Crippen LogP contribution in [0.15, 0.2) is 36.4 Å². The number of nitrogens with zero attached hydrogens (tertiary/aromatic N) is 4. The van der Waals surface area contributed by atoms with Crippen LogP contribution in [-0.2, 0) is 22.7 Å². The minimum atomic E-state index is -1.03. The molecule has 0 radical (unpaired) electrons. The summed E-state index contributed by atoms with van der Waals surface area (Å²) in [5.41, 5.74) is 0.833. The number of aromatic nitrogens is 3. The predicted octanol–water partition coefficient (Wildman–Crippen LogP) is 2.35. The molecule has 0 saturated carbocycles. The van der Waals surface area contributed by atoms with Crippen molar-refractivity contribution in [1.82, 2.24) is 19.7 Å². The van der Waals surface area contributed by atoms with E-state index in [0.717, 1.165) is 22.1 Å². The van der Waals surface area contributed by atoms with E-state index < -0.39 is 17.9 Å². The molecule has 1 unspecified atom stereocenters. The Morgan fingerprint density at radius 2 is 1.90 bits per heavy atom. The van der Waals surface area contributed by atoms with Gasteiger partial charge in [0.2, 0.25) is 5.91 Å². The number of hydrogen-bond donors (Lipinski definition) is 1. The monoisotopic (exact) mass is 394 g/mol. The van der Waals surface area contributed by atoms with E-state index in [1.807, 2.05) is 36.4 Å². The molecule has 2 heterocycles. The summed E-state index contributed by atoms with van der Waals surface area (Å²) in [5, 5.41) is 19.8. The molecular weight excluding hydrogens is 372 g/mol. The molecule has 0 fully saturated rings. The van der Waals surface area contributed by atoms with E-state index in [-0.39, 0.29) is 19.0 Å². The van der Waals surface area contributed by atoms with Gasteiger partial charge in [-0.15, -0.1) is 10.2 Å². The van der Waals surface area contributed by atoms with Crippen LogP contribution in [0.25, 0.3) is 10.8 Å². The van der Waals surface area contributed by atoms with E-state index in [0.29, 0.717) is 11.6 Å². The molecule has 1 aromatic heterocycles. The number of carboxylic acids is 1. The molecule has 2 aromatic carbocycles. The van der Waals surface area contributed by atoms with Gasteiger partial charge in [-0.25, -0.2) is 4.79 Å². The number of amides is 1. The first-order chi connectivity index (χ1) is 13.9. The normalized spacial score (nSPS) is 17.1. The summed E-state index contributed by atoms with van der Waals surface area (Å²) in [7, 11) is 1.62. The second-order valence-corrected chi connectivity index (χ2v) is 7.29. The van der Waals surface area contributed by atoms with Gasteiger partial charge < -0.3 is 19.3 Å². The number of rotatable bonds is 4. The lowest BCUT2D eigenvalue weighted by Gasteiger charge is -2.35. The van der Waals surface area contributed by atoms with Gasteiger partial charge in [0.05, 0.1) is 26.1 Å². The smallest absolute Gasteiger partial charge is 0.328 e. The molecule has 1 amide bonds. The molecule has 0 saturated heterocycles. The first-order valence-corrected chi connectivity index (χ1v) is 9.38. The Morgan fingerprint density at radius 1 is 1.17 bits per heavy atom. The summed E-state index contributed by atoms with van der Waals surface area (Å²) in [5.74, 6) is 0.264. The van der Waals surface area contributed by atoms with Crippen LogP contribution < -0.4 is 4.74 Å². The Labute approximate surface area is 167 Å². The van der Waals surface area contributed by atoms with E-state index >= 15 is 0 Å². The molecule has 8 heteroatoms. The number of hydrogen-bond acceptors (Lipinski definition) is 5. The van der Waals surface area contributed by atoms with Gasteiger partial charge in [-0.3, -0.25) is 4.79 Å². The highest BCUT2D eigenvalue weighted by atomic mass is 16.5. The zero-order valence-electron chi connectivity index (χ0n) is 16.5. The van der Waals surface area contributed by atoms with E-state index in [2.05, 4.69) is 10.2 Å². The minimum absolute atomic E-state index is 0.131. The number of carbonyl (C=O) groups is 2. The second-order valence-electron chi connectivity index (χ2n) is 7.29. The highest BCUT2D eigenvalue weighted by Gasteiger charge is 2.38. The van der Waals surface area contributed by atoms with Crippen LogP contribution in [0.2, 0.25) is 0 Å². The number of aryl methyl sites for hydroxylation is 1. The van der Waals surface area contributed by atoms with Crippen LogP contribution in [0.5, 0.6) is 5.75 Å². The van der Waals surface area contributed by atoms with Crippen LogP contribution in [0, 0.1) is 6.92 Å². The van der Waals surface area contributed by atoms with Crippen molar-refractivity contribution < 1.29 is 19.4 Å². The topological polar surface area (TPSA) is 97.5 Å². The minimum Gasteiger partial charge on any atom is -0.497 e. The van der Waals surface area contributed by atoms with Gasteiger partial charge in [0.25, 0.3) is 0 Å². The van der Waals surface area contributed by atoms with Gasteiger partial charge in [-0.05, 0) is 42.3 Å². The van der Waals surface area contributed by atoms with Crippen LogP contribution in [-0.4, -0.2) is 49.8 Å². The van der Waals surface area contributed by atoms with E-state index in [1.54, 1.807) is 25.5 Å². The number of fused-ring (bicyclic) bond motifs is 2. The van der Waals surface area contributed by atoms with Crippen LogP contribution in [0.1, 0.15) is 30.1 Å². The molecule has 3 aromatic rings.